The molecule has 1 heterocycles. The van der Waals surface area contributed by atoms with Gasteiger partial charge in [0.2, 0.25) is 0 Å². The molecule has 2 N–H and O–H groups in total. The second-order valence-corrected chi connectivity index (χ2v) is 4.16. The standard InChI is InChI=1S/C16H13FN2O2/c17-13-4-6-14(7-5-13)19-16(21)15-8-9-18-11-12(15)3-1-2-10-20/h4-9,11,20H,2,10H2,(H,19,21). The van der Waals surface area contributed by atoms with Crippen LogP contribution in [-0.2, 0) is 0 Å². The van der Waals surface area contributed by atoms with E-state index in [-0.39, 0.29) is 18.3 Å². The zero-order chi connectivity index (χ0) is 15.1. The van der Waals surface area contributed by atoms with E-state index in [4.69, 9.17) is 5.11 Å². The number of hydrogen-bond donors (Lipinski definition) is 2. The second kappa shape index (κ2) is 7.17. The Hall–Kier alpha value is -2.71. The quantitative estimate of drug-likeness (QED) is 0.849. The number of aliphatic hydroxyl groups is 1. The Labute approximate surface area is 121 Å². The van der Waals surface area contributed by atoms with Crippen molar-refractivity contribution in [2.75, 3.05) is 11.9 Å². The fourth-order valence-corrected chi connectivity index (χ4v) is 1.64. The van der Waals surface area contributed by atoms with Gasteiger partial charge in [0, 0.05) is 24.5 Å². The van der Waals surface area contributed by atoms with Gasteiger partial charge in [-0.15, -0.1) is 0 Å². The van der Waals surface area contributed by atoms with Crippen LogP contribution in [0.15, 0.2) is 42.7 Å². The number of aromatic nitrogens is 1. The molecule has 0 fully saturated rings. The first-order valence-electron chi connectivity index (χ1n) is 6.31. The maximum atomic E-state index is 12.8. The fraction of sp³-hybridized carbons (Fsp3) is 0.125. The number of halogens is 1. The Bertz CT molecular complexity index is 687. The highest BCUT2D eigenvalue weighted by molar-refractivity contribution is 6.05. The van der Waals surface area contributed by atoms with E-state index in [1.165, 1.54) is 36.7 Å². The summed E-state index contributed by atoms with van der Waals surface area (Å²) in [7, 11) is 0. The number of carbonyl (C=O) groups excluding carboxylic acids is 1. The Kier molecular flexibility index (Phi) is 5.02. The van der Waals surface area contributed by atoms with E-state index >= 15 is 0 Å². The molecule has 1 aromatic carbocycles. The van der Waals surface area contributed by atoms with Gasteiger partial charge in [-0.25, -0.2) is 4.39 Å². The summed E-state index contributed by atoms with van der Waals surface area (Å²) < 4.78 is 12.8. The number of aliphatic hydroxyl groups excluding tert-OH is 1. The molecule has 0 aliphatic rings. The van der Waals surface area contributed by atoms with E-state index in [1.807, 2.05) is 0 Å². The highest BCUT2D eigenvalue weighted by Gasteiger charge is 2.10. The molecular weight excluding hydrogens is 271 g/mol. The lowest BCUT2D eigenvalue weighted by Crippen LogP contribution is -2.13. The van der Waals surface area contributed by atoms with Gasteiger partial charge >= 0.3 is 0 Å². The highest BCUT2D eigenvalue weighted by Crippen LogP contribution is 2.12. The highest BCUT2D eigenvalue weighted by atomic mass is 19.1. The summed E-state index contributed by atoms with van der Waals surface area (Å²) in [5, 5.41) is 11.4. The van der Waals surface area contributed by atoms with Crippen molar-refractivity contribution in [3.8, 4) is 11.8 Å². The Morgan fingerprint density at radius 3 is 2.76 bits per heavy atom. The van der Waals surface area contributed by atoms with Gasteiger partial charge in [0.05, 0.1) is 17.7 Å². The zero-order valence-corrected chi connectivity index (χ0v) is 11.1. The van der Waals surface area contributed by atoms with Crippen molar-refractivity contribution in [1.29, 1.82) is 0 Å². The third-order valence-electron chi connectivity index (χ3n) is 2.63. The molecular formula is C16H13FN2O2. The molecule has 0 spiro atoms. The summed E-state index contributed by atoms with van der Waals surface area (Å²) in [4.78, 5) is 16.1. The molecule has 0 saturated heterocycles. The summed E-state index contributed by atoms with van der Waals surface area (Å²) >= 11 is 0. The topological polar surface area (TPSA) is 62.2 Å². The van der Waals surface area contributed by atoms with Gasteiger partial charge in [-0.2, -0.15) is 0 Å². The van der Waals surface area contributed by atoms with Gasteiger partial charge in [-0.3, -0.25) is 9.78 Å². The Morgan fingerprint density at radius 1 is 1.29 bits per heavy atom. The van der Waals surface area contributed by atoms with Crippen LogP contribution in [0, 0.1) is 17.7 Å². The van der Waals surface area contributed by atoms with Crippen molar-refractivity contribution in [1.82, 2.24) is 4.98 Å². The van der Waals surface area contributed by atoms with Gasteiger partial charge < -0.3 is 10.4 Å². The number of amides is 1. The number of anilines is 1. The van der Waals surface area contributed by atoms with Crippen molar-refractivity contribution in [3.05, 3.63) is 59.7 Å². The van der Waals surface area contributed by atoms with E-state index in [2.05, 4.69) is 22.1 Å². The molecule has 2 aromatic rings. The first-order valence-corrected chi connectivity index (χ1v) is 6.31. The van der Waals surface area contributed by atoms with Crippen molar-refractivity contribution in [2.24, 2.45) is 0 Å². The minimum atomic E-state index is -0.368. The van der Waals surface area contributed by atoms with Crippen LogP contribution in [0.5, 0.6) is 0 Å². The lowest BCUT2D eigenvalue weighted by molar-refractivity contribution is 0.102. The Morgan fingerprint density at radius 2 is 2.05 bits per heavy atom. The number of nitrogens with zero attached hydrogens (tertiary/aromatic N) is 1. The molecule has 0 aliphatic carbocycles. The van der Waals surface area contributed by atoms with Crippen LogP contribution >= 0.6 is 0 Å². The number of carbonyl (C=O) groups is 1. The minimum Gasteiger partial charge on any atom is -0.395 e. The van der Waals surface area contributed by atoms with Crippen molar-refractivity contribution >= 4 is 11.6 Å². The van der Waals surface area contributed by atoms with Crippen LogP contribution in [0.25, 0.3) is 0 Å². The van der Waals surface area contributed by atoms with E-state index in [0.717, 1.165) is 0 Å². The normalized spacial score (nSPS) is 9.62. The molecule has 0 bridgehead atoms. The van der Waals surface area contributed by atoms with Crippen LogP contribution in [0.1, 0.15) is 22.3 Å². The minimum absolute atomic E-state index is 0.0373. The average molecular weight is 284 g/mol. The first-order chi connectivity index (χ1) is 10.2. The van der Waals surface area contributed by atoms with Crippen LogP contribution in [0.2, 0.25) is 0 Å². The lowest BCUT2D eigenvalue weighted by Gasteiger charge is -2.06. The molecule has 21 heavy (non-hydrogen) atoms. The molecule has 5 heteroatoms. The van der Waals surface area contributed by atoms with E-state index in [1.54, 1.807) is 6.07 Å². The van der Waals surface area contributed by atoms with Crippen molar-refractivity contribution in [3.63, 3.8) is 0 Å². The van der Waals surface area contributed by atoms with Crippen LogP contribution in [0.4, 0.5) is 10.1 Å². The van der Waals surface area contributed by atoms with Gasteiger partial charge in [-0.05, 0) is 30.3 Å². The number of benzene rings is 1. The lowest BCUT2D eigenvalue weighted by atomic mass is 10.1. The van der Waals surface area contributed by atoms with Crippen molar-refractivity contribution < 1.29 is 14.3 Å². The average Bonchev–Trinajstić information content (AvgIpc) is 2.50. The predicted molar refractivity (Wildman–Crippen MR) is 77.2 cm³/mol. The fourth-order valence-electron chi connectivity index (χ4n) is 1.64. The molecule has 0 aliphatic heterocycles. The van der Waals surface area contributed by atoms with Gasteiger partial charge in [0.1, 0.15) is 5.82 Å². The summed E-state index contributed by atoms with van der Waals surface area (Å²) in [6, 6.07) is 7.05. The van der Waals surface area contributed by atoms with Gasteiger partial charge in [0.25, 0.3) is 5.91 Å². The van der Waals surface area contributed by atoms with Crippen LogP contribution < -0.4 is 5.32 Å². The van der Waals surface area contributed by atoms with Crippen LogP contribution in [0.3, 0.4) is 0 Å². The number of rotatable bonds is 3. The molecule has 2 rings (SSSR count). The monoisotopic (exact) mass is 284 g/mol. The molecule has 1 amide bonds. The van der Waals surface area contributed by atoms with Gasteiger partial charge in [0.15, 0.2) is 0 Å². The summed E-state index contributed by atoms with van der Waals surface area (Å²) in [6.07, 6.45) is 3.31. The SMILES string of the molecule is O=C(Nc1ccc(F)cc1)c1ccncc1C#CCCO. The number of pyridine rings is 1. The van der Waals surface area contributed by atoms with Crippen LogP contribution in [-0.4, -0.2) is 22.6 Å². The third kappa shape index (κ3) is 4.13. The molecule has 0 unspecified atom stereocenters. The van der Waals surface area contributed by atoms with E-state index in [9.17, 15) is 9.18 Å². The van der Waals surface area contributed by atoms with E-state index in [0.29, 0.717) is 23.2 Å². The van der Waals surface area contributed by atoms with Gasteiger partial charge in [-0.1, -0.05) is 11.8 Å². The van der Waals surface area contributed by atoms with E-state index < -0.39 is 0 Å². The molecule has 106 valence electrons. The summed E-state index contributed by atoms with van der Waals surface area (Å²) in [5.41, 5.74) is 1.35. The summed E-state index contributed by atoms with van der Waals surface area (Å²) in [6.45, 7) is -0.0373. The smallest absolute Gasteiger partial charge is 0.257 e. The zero-order valence-electron chi connectivity index (χ0n) is 11.1. The largest absolute Gasteiger partial charge is 0.395 e. The molecule has 1 aromatic heterocycles. The molecule has 0 atom stereocenters. The molecule has 0 saturated carbocycles. The summed E-state index contributed by atoms with van der Waals surface area (Å²) in [5.74, 6) is 4.83. The second-order valence-electron chi connectivity index (χ2n) is 4.16. The maximum Gasteiger partial charge on any atom is 0.257 e. The number of hydrogen-bond acceptors (Lipinski definition) is 3. The number of nitrogens with one attached hydrogen (secondary N) is 1. The molecule has 4 nitrogen and oxygen atoms in total. The Balaban J connectivity index is 2.19. The third-order valence-corrected chi connectivity index (χ3v) is 2.63. The first kappa shape index (κ1) is 14.7. The predicted octanol–water partition coefficient (Wildman–Crippen LogP) is 2.21. The maximum absolute atomic E-state index is 12.8. The van der Waals surface area contributed by atoms with Crippen molar-refractivity contribution in [2.45, 2.75) is 6.42 Å². The molecule has 0 radical (unpaired) electrons.